The van der Waals surface area contributed by atoms with Gasteiger partial charge in [0.15, 0.2) is 0 Å². The van der Waals surface area contributed by atoms with Gasteiger partial charge in [0.1, 0.15) is 0 Å². The summed E-state index contributed by atoms with van der Waals surface area (Å²) in [5.74, 6) is -4.14. The number of hydrogen-bond acceptors (Lipinski definition) is 2. The Bertz CT molecular complexity index is 860. The van der Waals surface area contributed by atoms with Crippen LogP contribution in [0.25, 0.3) is 0 Å². The van der Waals surface area contributed by atoms with Crippen LogP contribution in [0, 0.1) is 13.8 Å². The van der Waals surface area contributed by atoms with Gasteiger partial charge < -0.3 is 10.6 Å². The lowest BCUT2D eigenvalue weighted by Gasteiger charge is -2.13. The summed E-state index contributed by atoms with van der Waals surface area (Å²) in [6.45, 7) is 3.08. The molecule has 10 heteroatoms. The molecular formula is C19H16F6N2O2. The number of alkyl halides is 6. The van der Waals surface area contributed by atoms with Crippen molar-refractivity contribution in [3.63, 3.8) is 0 Å². The second-order valence-electron chi connectivity index (χ2n) is 6.38. The van der Waals surface area contributed by atoms with Crippen LogP contribution in [0.1, 0.15) is 22.3 Å². The number of anilines is 2. The molecule has 0 radical (unpaired) electrons. The Hall–Kier alpha value is -3.04. The molecule has 0 saturated carbocycles. The predicted octanol–water partition coefficient (Wildman–Crippen LogP) is 4.90. The predicted molar refractivity (Wildman–Crippen MR) is 94.5 cm³/mol. The second kappa shape index (κ2) is 8.14. The zero-order chi connectivity index (χ0) is 22.0. The number of nitrogens with one attached hydrogen (secondary N) is 2. The van der Waals surface area contributed by atoms with Crippen LogP contribution >= 0.6 is 0 Å². The zero-order valence-electron chi connectivity index (χ0n) is 15.3. The number of aryl methyl sites for hydroxylation is 2. The fourth-order valence-electron chi connectivity index (χ4n) is 2.57. The van der Waals surface area contributed by atoms with Gasteiger partial charge in [0, 0.05) is 11.4 Å². The smallest absolute Gasteiger partial charge is 0.318 e. The first-order valence-corrected chi connectivity index (χ1v) is 8.23. The van der Waals surface area contributed by atoms with E-state index in [4.69, 9.17) is 0 Å². The van der Waals surface area contributed by atoms with Gasteiger partial charge in [-0.3, -0.25) is 9.59 Å². The van der Waals surface area contributed by atoms with Gasteiger partial charge in [-0.2, -0.15) is 26.3 Å². The van der Waals surface area contributed by atoms with Crippen LogP contribution in [-0.4, -0.2) is 24.2 Å². The number of carbonyl (C=O) groups is 2. The van der Waals surface area contributed by atoms with Gasteiger partial charge in [-0.25, -0.2) is 0 Å². The molecule has 0 atom stereocenters. The monoisotopic (exact) mass is 418 g/mol. The van der Waals surface area contributed by atoms with E-state index in [9.17, 15) is 35.9 Å². The van der Waals surface area contributed by atoms with E-state index in [0.29, 0.717) is 17.5 Å². The first kappa shape index (κ1) is 22.3. The maximum Gasteiger partial charge on any atom is 0.471 e. The molecule has 0 aliphatic carbocycles. The summed E-state index contributed by atoms with van der Waals surface area (Å²) < 4.78 is 74.1. The minimum absolute atomic E-state index is 0.0254. The van der Waals surface area contributed by atoms with Crippen molar-refractivity contribution in [2.24, 2.45) is 0 Å². The SMILES string of the molecule is Cc1cc(Cc2ccc(NC(=O)C(F)(F)F)c(C)c2)ccc1NC(=O)C(F)(F)F. The molecule has 0 aliphatic heterocycles. The molecule has 29 heavy (non-hydrogen) atoms. The van der Waals surface area contributed by atoms with Crippen molar-refractivity contribution in [2.45, 2.75) is 32.6 Å². The van der Waals surface area contributed by atoms with Crippen LogP contribution in [0.15, 0.2) is 36.4 Å². The van der Waals surface area contributed by atoms with E-state index in [1.54, 1.807) is 22.8 Å². The first-order chi connectivity index (χ1) is 13.3. The van der Waals surface area contributed by atoms with Gasteiger partial charge >= 0.3 is 24.2 Å². The molecule has 2 N–H and O–H groups in total. The summed E-state index contributed by atoms with van der Waals surface area (Å²) in [4.78, 5) is 22.1. The lowest BCUT2D eigenvalue weighted by atomic mass is 10.00. The summed E-state index contributed by atoms with van der Waals surface area (Å²) in [6.07, 6.45) is -9.64. The molecule has 2 rings (SSSR count). The van der Waals surface area contributed by atoms with Gasteiger partial charge in [-0.1, -0.05) is 24.3 Å². The molecule has 0 aliphatic rings. The summed E-state index contributed by atoms with van der Waals surface area (Å²) in [6, 6.07) is 8.96. The topological polar surface area (TPSA) is 58.2 Å². The molecule has 0 unspecified atom stereocenters. The average molecular weight is 418 g/mol. The molecule has 0 saturated heterocycles. The van der Waals surface area contributed by atoms with Crippen molar-refractivity contribution < 1.29 is 35.9 Å². The Morgan fingerprint density at radius 1 is 0.724 bits per heavy atom. The molecule has 0 fully saturated rings. The van der Waals surface area contributed by atoms with Crippen molar-refractivity contribution in [3.05, 3.63) is 58.7 Å². The Balaban J connectivity index is 2.12. The van der Waals surface area contributed by atoms with Crippen molar-refractivity contribution in [1.29, 1.82) is 0 Å². The molecule has 2 aromatic rings. The van der Waals surface area contributed by atoms with E-state index in [-0.39, 0.29) is 11.4 Å². The quantitative estimate of drug-likeness (QED) is 0.695. The molecule has 4 nitrogen and oxygen atoms in total. The van der Waals surface area contributed by atoms with E-state index in [0.717, 1.165) is 11.1 Å². The van der Waals surface area contributed by atoms with Crippen LogP contribution < -0.4 is 10.6 Å². The molecule has 0 bridgehead atoms. The first-order valence-electron chi connectivity index (χ1n) is 8.23. The minimum atomic E-state index is -4.99. The van der Waals surface area contributed by atoms with E-state index in [2.05, 4.69) is 0 Å². The fourth-order valence-corrected chi connectivity index (χ4v) is 2.57. The highest BCUT2D eigenvalue weighted by atomic mass is 19.4. The summed E-state index contributed by atoms with van der Waals surface area (Å²) in [7, 11) is 0. The third-order valence-corrected chi connectivity index (χ3v) is 4.00. The van der Waals surface area contributed by atoms with Crippen molar-refractivity contribution in [3.8, 4) is 0 Å². The third kappa shape index (κ3) is 5.97. The standard InChI is InChI=1S/C19H16F6N2O2/c1-10-7-12(3-5-14(10)26-16(28)18(20,21)22)9-13-4-6-15(11(2)8-13)27-17(29)19(23,24)25/h3-8H,9H2,1-2H3,(H,26,28)(H,27,29). The van der Waals surface area contributed by atoms with Crippen LogP contribution in [0.3, 0.4) is 0 Å². The molecular weight excluding hydrogens is 402 g/mol. The normalized spacial score (nSPS) is 11.9. The van der Waals surface area contributed by atoms with Gasteiger partial charge in [-0.05, 0) is 54.7 Å². The van der Waals surface area contributed by atoms with Crippen molar-refractivity contribution >= 4 is 23.2 Å². The zero-order valence-corrected chi connectivity index (χ0v) is 15.3. The Morgan fingerprint density at radius 2 is 1.07 bits per heavy atom. The van der Waals surface area contributed by atoms with E-state index in [1.165, 1.54) is 38.1 Å². The van der Waals surface area contributed by atoms with Gasteiger partial charge in [0.05, 0.1) is 0 Å². The van der Waals surface area contributed by atoms with Crippen LogP contribution in [0.4, 0.5) is 37.7 Å². The minimum Gasteiger partial charge on any atom is -0.318 e. The summed E-state index contributed by atoms with van der Waals surface area (Å²) in [5.41, 5.74) is 2.34. The lowest BCUT2D eigenvalue weighted by molar-refractivity contribution is -0.167. The molecule has 0 spiro atoms. The number of benzene rings is 2. The Kier molecular flexibility index (Phi) is 6.24. The van der Waals surface area contributed by atoms with Crippen LogP contribution in [-0.2, 0) is 16.0 Å². The third-order valence-electron chi connectivity index (χ3n) is 4.00. The second-order valence-corrected chi connectivity index (χ2v) is 6.38. The Morgan fingerprint density at radius 3 is 1.34 bits per heavy atom. The van der Waals surface area contributed by atoms with Crippen molar-refractivity contribution in [1.82, 2.24) is 0 Å². The number of carbonyl (C=O) groups excluding carboxylic acids is 2. The fraction of sp³-hybridized carbons (Fsp3) is 0.263. The van der Waals surface area contributed by atoms with Gasteiger partial charge in [-0.15, -0.1) is 0 Å². The average Bonchev–Trinajstić information content (AvgIpc) is 2.57. The highest BCUT2D eigenvalue weighted by Crippen LogP contribution is 2.25. The largest absolute Gasteiger partial charge is 0.471 e. The molecule has 156 valence electrons. The molecule has 2 aromatic carbocycles. The lowest BCUT2D eigenvalue weighted by Crippen LogP contribution is -2.30. The van der Waals surface area contributed by atoms with E-state index >= 15 is 0 Å². The molecule has 0 heterocycles. The summed E-state index contributed by atoms with van der Waals surface area (Å²) >= 11 is 0. The Labute approximate surface area is 161 Å². The number of halogens is 6. The maximum absolute atomic E-state index is 12.3. The number of rotatable bonds is 4. The van der Waals surface area contributed by atoms with Gasteiger partial charge in [0.25, 0.3) is 0 Å². The highest BCUT2D eigenvalue weighted by Gasteiger charge is 2.39. The van der Waals surface area contributed by atoms with E-state index in [1.807, 2.05) is 0 Å². The highest BCUT2D eigenvalue weighted by molar-refractivity contribution is 5.96. The van der Waals surface area contributed by atoms with E-state index < -0.39 is 24.2 Å². The number of hydrogen-bond donors (Lipinski definition) is 2. The van der Waals surface area contributed by atoms with Crippen LogP contribution in [0.2, 0.25) is 0 Å². The van der Waals surface area contributed by atoms with Crippen molar-refractivity contribution in [2.75, 3.05) is 10.6 Å². The summed E-state index contributed by atoms with van der Waals surface area (Å²) in [5, 5.41) is 3.58. The maximum atomic E-state index is 12.3. The number of amides is 2. The molecule has 0 aromatic heterocycles. The molecule has 2 amide bonds. The van der Waals surface area contributed by atoms with Gasteiger partial charge in [0.2, 0.25) is 0 Å². The van der Waals surface area contributed by atoms with Crippen LogP contribution in [0.5, 0.6) is 0 Å².